The molecule has 0 radical (unpaired) electrons. The Morgan fingerprint density at radius 2 is 1.54 bits per heavy atom. The summed E-state index contributed by atoms with van der Waals surface area (Å²) in [5.74, 6) is 0.137. The third-order valence-electron chi connectivity index (χ3n) is 11.9. The van der Waals surface area contributed by atoms with Crippen molar-refractivity contribution in [2.75, 3.05) is 31.4 Å². The van der Waals surface area contributed by atoms with Gasteiger partial charge in [-0.2, -0.15) is 5.06 Å². The molecule has 1 saturated heterocycles. The predicted molar refractivity (Wildman–Crippen MR) is 186 cm³/mol. The van der Waals surface area contributed by atoms with Crippen LogP contribution < -0.4 is 9.80 Å². The average molecular weight is 682 g/mol. The molecular weight excluding hydrogens is 634 g/mol. The van der Waals surface area contributed by atoms with Crippen LogP contribution in [-0.2, 0) is 31.1 Å². The zero-order valence-corrected chi connectivity index (χ0v) is 28.9. The fourth-order valence-electron chi connectivity index (χ4n) is 9.72. The van der Waals surface area contributed by atoms with Gasteiger partial charge in [-0.15, -0.1) is 0 Å². The Morgan fingerprint density at radius 3 is 2.18 bits per heavy atom. The number of ether oxygens (including phenoxy) is 1. The SMILES string of the molecule is CCON(C(=O)[C@@H](O)c1ccccc1)c1ccc2c3c1OC1CCC[C@@]4(N(OCC)C(=O)[C@@H](O)c5ccccc5)[C@@H](C2)N(CC2CC2)CC[C@]314. The second-order valence-electron chi connectivity index (χ2n) is 14.5. The number of carbonyl (C=O) groups is 2. The molecule has 3 aliphatic carbocycles. The van der Waals surface area contributed by atoms with Gasteiger partial charge in [0.25, 0.3) is 11.8 Å². The number of hydrogen-bond acceptors (Lipinski definition) is 8. The van der Waals surface area contributed by atoms with E-state index in [-0.39, 0.29) is 25.4 Å². The average Bonchev–Trinajstić information content (AvgIpc) is 3.91. The molecule has 3 aromatic carbocycles. The Morgan fingerprint density at radius 1 is 0.880 bits per heavy atom. The molecule has 10 heteroatoms. The molecule has 2 heterocycles. The fourth-order valence-corrected chi connectivity index (χ4v) is 9.72. The Hall–Kier alpha value is -3.80. The van der Waals surface area contributed by atoms with E-state index in [0.29, 0.717) is 41.3 Å². The van der Waals surface area contributed by atoms with Crippen LogP contribution >= 0.6 is 0 Å². The van der Waals surface area contributed by atoms with Gasteiger partial charge in [0.05, 0.1) is 24.2 Å². The van der Waals surface area contributed by atoms with Crippen molar-refractivity contribution >= 4 is 17.5 Å². The van der Waals surface area contributed by atoms with Gasteiger partial charge >= 0.3 is 0 Å². The monoisotopic (exact) mass is 681 g/mol. The van der Waals surface area contributed by atoms with Gasteiger partial charge in [-0.3, -0.25) is 24.2 Å². The number of piperidine rings is 1. The lowest BCUT2D eigenvalue weighted by Gasteiger charge is -2.67. The molecule has 0 aromatic heterocycles. The molecule has 2 bridgehead atoms. The van der Waals surface area contributed by atoms with Crippen LogP contribution in [0.2, 0.25) is 0 Å². The van der Waals surface area contributed by atoms with Crippen molar-refractivity contribution in [3.8, 4) is 5.75 Å². The molecule has 10 nitrogen and oxygen atoms in total. The van der Waals surface area contributed by atoms with Gasteiger partial charge in [0.1, 0.15) is 17.5 Å². The van der Waals surface area contributed by atoms with Gasteiger partial charge in [0.15, 0.2) is 12.2 Å². The number of benzene rings is 3. The van der Waals surface area contributed by atoms with Crippen molar-refractivity contribution in [3.63, 3.8) is 0 Å². The van der Waals surface area contributed by atoms with E-state index >= 15 is 0 Å². The number of aliphatic hydroxyl groups excluding tert-OH is 2. The molecular formula is C40H47N3O7. The van der Waals surface area contributed by atoms with Gasteiger partial charge in [-0.25, -0.2) is 5.06 Å². The Kier molecular flexibility index (Phi) is 8.72. The maximum atomic E-state index is 14.7. The van der Waals surface area contributed by atoms with Gasteiger partial charge in [-0.1, -0.05) is 66.7 Å². The van der Waals surface area contributed by atoms with Crippen LogP contribution in [0.4, 0.5) is 5.69 Å². The van der Waals surface area contributed by atoms with Crippen LogP contribution in [0.15, 0.2) is 72.8 Å². The molecule has 2 N–H and O–H groups in total. The first-order valence-corrected chi connectivity index (χ1v) is 18.3. The van der Waals surface area contributed by atoms with Gasteiger partial charge in [-0.05, 0) is 94.0 Å². The van der Waals surface area contributed by atoms with Crippen molar-refractivity contribution in [1.82, 2.24) is 9.96 Å². The summed E-state index contributed by atoms with van der Waals surface area (Å²) in [7, 11) is 0. The summed E-state index contributed by atoms with van der Waals surface area (Å²) in [6, 6.07) is 21.8. The minimum Gasteiger partial charge on any atom is -0.487 e. The topological polar surface area (TPSA) is 112 Å². The number of anilines is 1. The number of likely N-dealkylation sites (tertiary alicyclic amines) is 1. The van der Waals surface area contributed by atoms with E-state index in [0.717, 1.165) is 43.5 Å². The molecule has 2 amide bonds. The van der Waals surface area contributed by atoms with Crippen molar-refractivity contribution in [3.05, 3.63) is 95.1 Å². The highest BCUT2D eigenvalue weighted by atomic mass is 16.7. The van der Waals surface area contributed by atoms with Crippen LogP contribution in [0.5, 0.6) is 5.75 Å². The molecule has 8 rings (SSSR count). The van der Waals surface area contributed by atoms with E-state index in [9.17, 15) is 19.8 Å². The third-order valence-corrected chi connectivity index (χ3v) is 11.9. The summed E-state index contributed by atoms with van der Waals surface area (Å²) in [6.45, 7) is 5.97. The zero-order chi connectivity index (χ0) is 34.6. The summed E-state index contributed by atoms with van der Waals surface area (Å²) >= 11 is 0. The van der Waals surface area contributed by atoms with Crippen LogP contribution in [0.3, 0.4) is 0 Å². The second-order valence-corrected chi connectivity index (χ2v) is 14.5. The number of hydrogen-bond donors (Lipinski definition) is 2. The normalized spacial score (nSPS) is 27.5. The summed E-state index contributed by atoms with van der Waals surface area (Å²) in [5.41, 5.74) is 2.07. The van der Waals surface area contributed by atoms with Crippen molar-refractivity contribution in [1.29, 1.82) is 0 Å². The van der Waals surface area contributed by atoms with Gasteiger partial charge in [0, 0.05) is 18.2 Å². The summed E-state index contributed by atoms with van der Waals surface area (Å²) in [6.07, 6.45) is 2.97. The van der Waals surface area contributed by atoms with Crippen LogP contribution in [0.1, 0.15) is 86.8 Å². The van der Waals surface area contributed by atoms with Crippen molar-refractivity contribution < 1.29 is 34.2 Å². The standard InChI is InChI=1S/C40H47N3O7/c1-3-48-42(37(46)34(44)27-12-7-5-8-13-27)30-20-19-29-24-31-40(43(49-4-2)38(47)35(45)28-14-9-6-10-15-28)21-11-16-32-39(40,33(29)36(30)50-32)22-23-41(31)25-26-17-18-26/h5-10,12-15,19-20,26,31-32,34-35,44-45H,3-4,11,16-18,21-25H2,1-2H3/t31-,32?,34+,35+,39-,40-/m1/s1. The van der Waals surface area contributed by atoms with Gasteiger partial charge in [0.2, 0.25) is 0 Å². The van der Waals surface area contributed by atoms with Crippen LogP contribution in [-0.4, -0.2) is 76.0 Å². The summed E-state index contributed by atoms with van der Waals surface area (Å²) in [5, 5.41) is 25.7. The van der Waals surface area contributed by atoms with E-state index in [1.807, 2.05) is 37.3 Å². The van der Waals surface area contributed by atoms with Crippen LogP contribution in [0, 0.1) is 5.92 Å². The maximum absolute atomic E-state index is 14.7. The Labute approximate surface area is 293 Å². The molecule has 3 aromatic rings. The first-order valence-electron chi connectivity index (χ1n) is 18.3. The number of carbonyl (C=O) groups excluding carboxylic acids is 2. The quantitative estimate of drug-likeness (QED) is 0.252. The fraction of sp³-hybridized carbons (Fsp3) is 0.500. The molecule has 5 aliphatic rings. The predicted octanol–water partition coefficient (Wildman–Crippen LogP) is 5.18. The molecule has 50 heavy (non-hydrogen) atoms. The highest BCUT2D eigenvalue weighted by Gasteiger charge is 2.75. The lowest BCUT2D eigenvalue weighted by molar-refractivity contribution is -0.279. The molecule has 6 atom stereocenters. The smallest absolute Gasteiger partial charge is 0.284 e. The van der Waals surface area contributed by atoms with E-state index < -0.39 is 35.0 Å². The van der Waals surface area contributed by atoms with E-state index in [4.69, 9.17) is 14.4 Å². The number of nitrogens with zero attached hydrogens (tertiary/aromatic N) is 3. The summed E-state index contributed by atoms with van der Waals surface area (Å²) in [4.78, 5) is 43.8. The lowest BCUT2D eigenvalue weighted by Crippen LogP contribution is -2.81. The third kappa shape index (κ3) is 5.02. The molecule has 1 spiro atoms. The summed E-state index contributed by atoms with van der Waals surface area (Å²) < 4.78 is 7.05. The first kappa shape index (κ1) is 33.3. The number of aliphatic hydroxyl groups is 2. The van der Waals surface area contributed by atoms with E-state index in [1.165, 1.54) is 17.9 Å². The largest absolute Gasteiger partial charge is 0.487 e. The number of rotatable bonds is 12. The lowest BCUT2D eigenvalue weighted by atomic mass is 9.47. The maximum Gasteiger partial charge on any atom is 0.284 e. The first-order chi connectivity index (χ1) is 24.4. The number of amides is 2. The van der Waals surface area contributed by atoms with Crippen molar-refractivity contribution in [2.45, 2.75) is 94.1 Å². The number of hydroxylamine groups is 3. The minimum atomic E-state index is -1.44. The highest BCUT2D eigenvalue weighted by molar-refractivity contribution is 5.97. The molecule has 2 aliphatic heterocycles. The second kappa shape index (κ2) is 13.1. The molecule has 3 fully saturated rings. The van der Waals surface area contributed by atoms with Crippen molar-refractivity contribution in [2.24, 2.45) is 5.92 Å². The van der Waals surface area contributed by atoms with Gasteiger partial charge < -0.3 is 14.9 Å². The molecule has 264 valence electrons. The highest BCUT2D eigenvalue weighted by Crippen LogP contribution is 2.67. The Balaban J connectivity index is 1.29. The van der Waals surface area contributed by atoms with E-state index in [1.54, 1.807) is 48.4 Å². The molecule has 2 saturated carbocycles. The molecule has 1 unspecified atom stereocenters. The zero-order valence-electron chi connectivity index (χ0n) is 28.9. The van der Waals surface area contributed by atoms with E-state index in [2.05, 4.69) is 11.0 Å². The minimum absolute atomic E-state index is 0.0597. The van der Waals surface area contributed by atoms with Crippen LogP contribution in [0.25, 0.3) is 0 Å². The Bertz CT molecular complexity index is 1740.